The molecule has 0 aliphatic rings. The van der Waals surface area contributed by atoms with Crippen molar-refractivity contribution in [2.45, 2.75) is 19.9 Å². The van der Waals surface area contributed by atoms with Crippen LogP contribution in [0.2, 0.25) is 0 Å². The molecule has 2 atom stereocenters. The zero-order valence-electron chi connectivity index (χ0n) is 12.1. The van der Waals surface area contributed by atoms with Crippen molar-refractivity contribution in [2.75, 3.05) is 18.6 Å². The first-order chi connectivity index (χ1) is 9.54. The maximum absolute atomic E-state index is 11.8. The largest absolute Gasteiger partial charge is 0.469 e. The van der Waals surface area contributed by atoms with E-state index in [1.165, 1.54) is 18.9 Å². The first-order valence-electron chi connectivity index (χ1n) is 6.54. The highest BCUT2D eigenvalue weighted by Crippen LogP contribution is 2.13. The third kappa shape index (κ3) is 5.65. The lowest BCUT2D eigenvalue weighted by Gasteiger charge is -2.14. The lowest BCUT2D eigenvalue weighted by atomic mass is 10.1. The molecular formula is C15H21NO3S. The van der Waals surface area contributed by atoms with Crippen molar-refractivity contribution in [2.24, 2.45) is 5.92 Å². The van der Waals surface area contributed by atoms with Crippen LogP contribution in [0.1, 0.15) is 25.5 Å². The number of amides is 1. The summed E-state index contributed by atoms with van der Waals surface area (Å²) in [5, 5.41) is 2.94. The molecule has 0 aliphatic heterocycles. The van der Waals surface area contributed by atoms with Crippen LogP contribution in [0.15, 0.2) is 30.3 Å². The lowest BCUT2D eigenvalue weighted by Crippen LogP contribution is -2.28. The van der Waals surface area contributed by atoms with Crippen molar-refractivity contribution < 1.29 is 14.3 Å². The minimum absolute atomic E-state index is 0.0117. The fraction of sp³-hybridized carbons (Fsp3) is 0.467. The average molecular weight is 295 g/mol. The van der Waals surface area contributed by atoms with Crippen molar-refractivity contribution >= 4 is 23.6 Å². The van der Waals surface area contributed by atoms with Crippen molar-refractivity contribution in [3.05, 3.63) is 35.9 Å². The Labute approximate surface area is 124 Å². The smallest absolute Gasteiger partial charge is 0.309 e. The fourth-order valence-corrected chi connectivity index (χ4v) is 2.58. The number of benzene rings is 1. The quantitative estimate of drug-likeness (QED) is 0.785. The molecule has 0 saturated carbocycles. The van der Waals surface area contributed by atoms with E-state index >= 15 is 0 Å². The summed E-state index contributed by atoms with van der Waals surface area (Å²) in [7, 11) is 1.37. The number of methoxy groups -OCH3 is 1. The SMILES string of the molecule is COC(=O)C(C)CSCC(=O)NC(C)c1ccccc1. The van der Waals surface area contributed by atoms with Crippen molar-refractivity contribution in [3.63, 3.8) is 0 Å². The first kappa shape index (κ1) is 16.6. The number of hydrogen-bond donors (Lipinski definition) is 1. The number of ether oxygens (including phenoxy) is 1. The van der Waals surface area contributed by atoms with E-state index in [0.717, 1.165) is 5.56 Å². The maximum atomic E-state index is 11.8. The first-order valence-corrected chi connectivity index (χ1v) is 7.70. The van der Waals surface area contributed by atoms with Gasteiger partial charge in [0.1, 0.15) is 0 Å². The van der Waals surface area contributed by atoms with Gasteiger partial charge in [0, 0.05) is 5.75 Å². The molecule has 20 heavy (non-hydrogen) atoms. The van der Waals surface area contributed by atoms with E-state index in [1.807, 2.05) is 37.3 Å². The van der Waals surface area contributed by atoms with E-state index in [4.69, 9.17) is 0 Å². The van der Waals surface area contributed by atoms with Crippen LogP contribution >= 0.6 is 11.8 Å². The summed E-state index contributed by atoms with van der Waals surface area (Å²) in [5.74, 6) is 0.474. The summed E-state index contributed by atoms with van der Waals surface area (Å²) in [6, 6.07) is 9.80. The number of thioether (sulfide) groups is 1. The van der Waals surface area contributed by atoms with Crippen LogP contribution in [0.25, 0.3) is 0 Å². The Balaban J connectivity index is 2.29. The van der Waals surface area contributed by atoms with Gasteiger partial charge >= 0.3 is 5.97 Å². The van der Waals surface area contributed by atoms with E-state index in [2.05, 4.69) is 10.1 Å². The molecule has 4 nitrogen and oxygen atoms in total. The van der Waals surface area contributed by atoms with Crippen molar-refractivity contribution in [1.29, 1.82) is 0 Å². The molecule has 0 saturated heterocycles. The number of hydrogen-bond acceptors (Lipinski definition) is 4. The highest BCUT2D eigenvalue weighted by molar-refractivity contribution is 7.99. The van der Waals surface area contributed by atoms with Crippen molar-refractivity contribution in [3.8, 4) is 0 Å². The van der Waals surface area contributed by atoms with Gasteiger partial charge in [0.05, 0.1) is 24.8 Å². The second-order valence-corrected chi connectivity index (χ2v) is 5.67. The highest BCUT2D eigenvalue weighted by atomic mass is 32.2. The van der Waals surface area contributed by atoms with Crippen LogP contribution in [-0.2, 0) is 14.3 Å². The van der Waals surface area contributed by atoms with Crippen LogP contribution in [0.3, 0.4) is 0 Å². The average Bonchev–Trinajstić information content (AvgIpc) is 2.47. The summed E-state index contributed by atoms with van der Waals surface area (Å²) >= 11 is 1.44. The normalized spacial score (nSPS) is 13.3. The van der Waals surface area contributed by atoms with Gasteiger partial charge in [0.15, 0.2) is 0 Å². The standard InChI is InChI=1S/C15H21NO3S/c1-11(15(18)19-3)9-20-10-14(17)16-12(2)13-7-5-4-6-8-13/h4-8,11-12H,9-10H2,1-3H3,(H,16,17). The predicted octanol–water partition coefficient (Wildman–Crippen LogP) is 2.41. The zero-order chi connectivity index (χ0) is 15.0. The van der Waals surface area contributed by atoms with Gasteiger partial charge in [0.25, 0.3) is 0 Å². The maximum Gasteiger partial charge on any atom is 0.309 e. The van der Waals surface area contributed by atoms with E-state index in [0.29, 0.717) is 11.5 Å². The predicted molar refractivity (Wildman–Crippen MR) is 81.5 cm³/mol. The molecule has 0 spiro atoms. The summed E-state index contributed by atoms with van der Waals surface area (Å²) in [6.45, 7) is 3.75. The number of rotatable bonds is 7. The Kier molecular flexibility index (Phi) is 7.15. The van der Waals surface area contributed by atoms with E-state index in [1.54, 1.807) is 6.92 Å². The third-order valence-electron chi connectivity index (χ3n) is 2.88. The van der Waals surface area contributed by atoms with E-state index in [9.17, 15) is 9.59 Å². The van der Waals surface area contributed by atoms with Crippen LogP contribution in [0, 0.1) is 5.92 Å². The molecule has 0 heterocycles. The van der Waals surface area contributed by atoms with Gasteiger partial charge < -0.3 is 10.1 Å². The Morgan fingerprint density at radius 2 is 1.90 bits per heavy atom. The van der Waals surface area contributed by atoms with Gasteiger partial charge in [-0.1, -0.05) is 37.3 Å². The molecule has 0 bridgehead atoms. The van der Waals surface area contributed by atoms with E-state index < -0.39 is 0 Å². The highest BCUT2D eigenvalue weighted by Gasteiger charge is 2.14. The molecule has 5 heteroatoms. The van der Waals surface area contributed by atoms with Crippen molar-refractivity contribution in [1.82, 2.24) is 5.32 Å². The molecule has 1 aromatic rings. The van der Waals surface area contributed by atoms with Gasteiger partial charge in [-0.3, -0.25) is 9.59 Å². The van der Waals surface area contributed by atoms with Gasteiger partial charge in [-0.25, -0.2) is 0 Å². The minimum Gasteiger partial charge on any atom is -0.469 e. The number of esters is 1. The Morgan fingerprint density at radius 3 is 2.50 bits per heavy atom. The third-order valence-corrected chi connectivity index (χ3v) is 4.08. The molecule has 0 aromatic heterocycles. The second kappa shape index (κ2) is 8.64. The fourth-order valence-electron chi connectivity index (χ4n) is 1.71. The van der Waals surface area contributed by atoms with E-state index in [-0.39, 0.29) is 23.8 Å². The minimum atomic E-state index is -0.240. The molecule has 1 amide bonds. The molecule has 110 valence electrons. The molecule has 1 aromatic carbocycles. The Hall–Kier alpha value is -1.49. The molecule has 1 rings (SSSR count). The van der Waals surface area contributed by atoms with Gasteiger partial charge in [0.2, 0.25) is 5.91 Å². The van der Waals surface area contributed by atoms with Crippen LogP contribution in [0.4, 0.5) is 0 Å². The summed E-state index contributed by atoms with van der Waals surface area (Å²) in [5.41, 5.74) is 1.08. The second-order valence-electron chi connectivity index (χ2n) is 4.64. The summed E-state index contributed by atoms with van der Waals surface area (Å²) in [6.07, 6.45) is 0. The summed E-state index contributed by atoms with van der Waals surface area (Å²) in [4.78, 5) is 23.0. The zero-order valence-corrected chi connectivity index (χ0v) is 12.9. The molecular weight excluding hydrogens is 274 g/mol. The topological polar surface area (TPSA) is 55.4 Å². The Morgan fingerprint density at radius 1 is 1.25 bits per heavy atom. The van der Waals surface area contributed by atoms with Gasteiger partial charge in [-0.2, -0.15) is 11.8 Å². The molecule has 0 fully saturated rings. The molecule has 1 N–H and O–H groups in total. The van der Waals surface area contributed by atoms with Gasteiger partial charge in [-0.05, 0) is 12.5 Å². The van der Waals surface area contributed by atoms with Crippen LogP contribution < -0.4 is 5.32 Å². The lowest BCUT2D eigenvalue weighted by molar-refractivity contribution is -0.144. The Bertz CT molecular complexity index is 436. The number of carbonyl (C=O) groups is 2. The number of nitrogens with one attached hydrogen (secondary N) is 1. The van der Waals surface area contributed by atoms with Gasteiger partial charge in [-0.15, -0.1) is 0 Å². The van der Waals surface area contributed by atoms with Crippen LogP contribution in [0.5, 0.6) is 0 Å². The molecule has 2 unspecified atom stereocenters. The molecule has 0 radical (unpaired) electrons. The van der Waals surface area contributed by atoms with Crippen LogP contribution in [-0.4, -0.2) is 30.5 Å². The monoisotopic (exact) mass is 295 g/mol. The molecule has 0 aliphatic carbocycles. The summed E-state index contributed by atoms with van der Waals surface area (Å²) < 4.78 is 4.64. The number of carbonyl (C=O) groups excluding carboxylic acids is 2.